The Morgan fingerprint density at radius 1 is 1.04 bits per heavy atom. The number of Topliss-reactive ketones (excluding diaryl/α,β-unsaturated/α-hetero) is 1. The second-order valence-electron chi connectivity index (χ2n) is 6.22. The van der Waals surface area contributed by atoms with Crippen LogP contribution in [0, 0.1) is 13.8 Å². The predicted octanol–water partition coefficient (Wildman–Crippen LogP) is 4.22. The summed E-state index contributed by atoms with van der Waals surface area (Å²) in [7, 11) is 1.32. The number of carbonyl (C=O) groups is 2. The fourth-order valence-electron chi connectivity index (χ4n) is 3.15. The smallest absolute Gasteiger partial charge is 0.339 e. The van der Waals surface area contributed by atoms with Gasteiger partial charge in [0.1, 0.15) is 5.75 Å². The van der Waals surface area contributed by atoms with Crippen LogP contribution in [0.2, 0.25) is 0 Å². The van der Waals surface area contributed by atoms with Crippen LogP contribution in [0.1, 0.15) is 39.0 Å². The number of ketones is 1. The number of rotatable bonds is 5. The zero-order chi connectivity index (χ0) is 18.8. The van der Waals surface area contributed by atoms with Crippen molar-refractivity contribution in [2.45, 2.75) is 26.9 Å². The average molecular weight is 351 g/mol. The zero-order valence-corrected chi connectivity index (χ0v) is 15.3. The minimum Gasteiger partial charge on any atom is -0.482 e. The third-order valence-electron chi connectivity index (χ3n) is 4.50. The number of esters is 1. The molecule has 3 aromatic rings. The second kappa shape index (κ2) is 7.04. The molecule has 0 unspecified atom stereocenters. The summed E-state index contributed by atoms with van der Waals surface area (Å²) >= 11 is 0. The molecule has 134 valence electrons. The number of H-pyrrole nitrogens is 1. The highest BCUT2D eigenvalue weighted by Gasteiger charge is 2.26. The van der Waals surface area contributed by atoms with Gasteiger partial charge in [-0.3, -0.25) is 4.79 Å². The number of methoxy groups -OCH3 is 1. The SMILES string of the molecule is COC(=O)c1c(C)[nH]c(C(=O)[C@H](C)Oc2cccc3ccccc23)c1C. The van der Waals surface area contributed by atoms with Crippen molar-refractivity contribution in [1.29, 1.82) is 0 Å². The van der Waals surface area contributed by atoms with Crippen LogP contribution in [0.4, 0.5) is 0 Å². The molecule has 0 spiro atoms. The molecule has 1 N–H and O–H groups in total. The van der Waals surface area contributed by atoms with Crippen LogP contribution in [0.3, 0.4) is 0 Å². The molecular formula is C21H21NO4. The van der Waals surface area contributed by atoms with E-state index in [0.717, 1.165) is 10.8 Å². The first kappa shape index (κ1) is 17.7. The molecule has 0 fully saturated rings. The van der Waals surface area contributed by atoms with E-state index in [0.29, 0.717) is 28.3 Å². The van der Waals surface area contributed by atoms with Crippen molar-refractivity contribution in [2.75, 3.05) is 7.11 Å². The zero-order valence-electron chi connectivity index (χ0n) is 15.3. The highest BCUT2D eigenvalue weighted by molar-refractivity contribution is 6.03. The quantitative estimate of drug-likeness (QED) is 0.552. The van der Waals surface area contributed by atoms with Crippen molar-refractivity contribution in [3.8, 4) is 5.75 Å². The molecule has 0 radical (unpaired) electrons. The summed E-state index contributed by atoms with van der Waals surface area (Å²) in [5.41, 5.74) is 1.95. The van der Waals surface area contributed by atoms with Gasteiger partial charge in [-0.25, -0.2) is 4.79 Å². The van der Waals surface area contributed by atoms with Crippen LogP contribution in [-0.2, 0) is 4.74 Å². The molecule has 1 atom stereocenters. The first-order valence-electron chi connectivity index (χ1n) is 8.40. The number of ether oxygens (including phenoxy) is 2. The van der Waals surface area contributed by atoms with Crippen molar-refractivity contribution < 1.29 is 19.1 Å². The van der Waals surface area contributed by atoms with E-state index in [1.807, 2.05) is 42.5 Å². The maximum atomic E-state index is 12.9. The number of hydrogen-bond acceptors (Lipinski definition) is 4. The third-order valence-corrected chi connectivity index (χ3v) is 4.50. The molecular weight excluding hydrogens is 330 g/mol. The molecule has 3 rings (SSSR count). The number of aromatic amines is 1. The fraction of sp³-hybridized carbons (Fsp3) is 0.238. The van der Waals surface area contributed by atoms with E-state index in [4.69, 9.17) is 9.47 Å². The molecule has 5 nitrogen and oxygen atoms in total. The molecule has 1 aromatic heterocycles. The minimum atomic E-state index is -0.706. The van der Waals surface area contributed by atoms with Crippen molar-refractivity contribution in [1.82, 2.24) is 4.98 Å². The summed E-state index contributed by atoms with van der Waals surface area (Å²) < 4.78 is 10.7. The van der Waals surface area contributed by atoms with Crippen LogP contribution in [0.15, 0.2) is 42.5 Å². The number of aryl methyl sites for hydroxylation is 1. The number of benzene rings is 2. The Labute approximate surface area is 151 Å². The Balaban J connectivity index is 1.90. The van der Waals surface area contributed by atoms with Crippen LogP contribution in [0.25, 0.3) is 10.8 Å². The number of hydrogen-bond donors (Lipinski definition) is 1. The van der Waals surface area contributed by atoms with Crippen LogP contribution < -0.4 is 4.74 Å². The number of carbonyl (C=O) groups excluding carboxylic acids is 2. The van der Waals surface area contributed by atoms with E-state index in [-0.39, 0.29) is 5.78 Å². The van der Waals surface area contributed by atoms with Gasteiger partial charge in [-0.05, 0) is 37.8 Å². The van der Waals surface area contributed by atoms with E-state index in [1.54, 1.807) is 20.8 Å². The van der Waals surface area contributed by atoms with Gasteiger partial charge in [0.2, 0.25) is 5.78 Å². The average Bonchev–Trinajstić information content (AvgIpc) is 2.95. The molecule has 2 aromatic carbocycles. The van der Waals surface area contributed by atoms with Gasteiger partial charge in [-0.15, -0.1) is 0 Å². The van der Waals surface area contributed by atoms with Crippen LogP contribution >= 0.6 is 0 Å². The first-order chi connectivity index (χ1) is 12.4. The lowest BCUT2D eigenvalue weighted by Gasteiger charge is -2.15. The molecule has 0 aliphatic carbocycles. The van der Waals surface area contributed by atoms with Gasteiger partial charge in [-0.1, -0.05) is 36.4 Å². The van der Waals surface area contributed by atoms with Crippen LogP contribution in [-0.4, -0.2) is 30.0 Å². The lowest BCUT2D eigenvalue weighted by Crippen LogP contribution is -2.25. The van der Waals surface area contributed by atoms with Gasteiger partial charge in [0, 0.05) is 11.1 Å². The highest BCUT2D eigenvalue weighted by Crippen LogP contribution is 2.27. The van der Waals surface area contributed by atoms with E-state index in [9.17, 15) is 9.59 Å². The van der Waals surface area contributed by atoms with E-state index in [2.05, 4.69) is 4.98 Å². The molecule has 0 amide bonds. The van der Waals surface area contributed by atoms with Gasteiger partial charge < -0.3 is 14.5 Å². The Bertz CT molecular complexity index is 982. The largest absolute Gasteiger partial charge is 0.482 e. The normalized spacial score (nSPS) is 12.0. The van der Waals surface area contributed by atoms with Crippen molar-refractivity contribution in [2.24, 2.45) is 0 Å². The van der Waals surface area contributed by atoms with Crippen molar-refractivity contribution >= 4 is 22.5 Å². The van der Waals surface area contributed by atoms with Gasteiger partial charge in [-0.2, -0.15) is 0 Å². The Morgan fingerprint density at radius 3 is 2.46 bits per heavy atom. The monoisotopic (exact) mass is 351 g/mol. The number of aromatic nitrogens is 1. The summed E-state index contributed by atoms with van der Waals surface area (Å²) in [6.45, 7) is 5.18. The van der Waals surface area contributed by atoms with Gasteiger partial charge in [0.05, 0.1) is 18.4 Å². The molecule has 0 saturated heterocycles. The summed E-state index contributed by atoms with van der Waals surface area (Å²) in [5.74, 6) is -0.0234. The number of fused-ring (bicyclic) bond motifs is 1. The molecule has 0 aliphatic rings. The summed E-state index contributed by atoms with van der Waals surface area (Å²) in [5, 5.41) is 1.99. The van der Waals surface area contributed by atoms with Crippen molar-refractivity contribution in [3.63, 3.8) is 0 Å². The molecule has 0 aliphatic heterocycles. The summed E-state index contributed by atoms with van der Waals surface area (Å²) in [4.78, 5) is 27.8. The third kappa shape index (κ3) is 3.08. The number of nitrogens with one attached hydrogen (secondary N) is 1. The van der Waals surface area contributed by atoms with E-state index in [1.165, 1.54) is 7.11 Å². The molecule has 0 saturated carbocycles. The molecule has 26 heavy (non-hydrogen) atoms. The maximum Gasteiger partial charge on any atom is 0.339 e. The summed E-state index contributed by atoms with van der Waals surface area (Å²) in [6, 6.07) is 13.6. The predicted molar refractivity (Wildman–Crippen MR) is 100.0 cm³/mol. The minimum absolute atomic E-state index is 0.214. The standard InChI is InChI=1S/C21H21NO4/c1-12-18(21(24)25-4)13(2)22-19(12)20(23)14(3)26-17-11-7-9-15-8-5-6-10-16(15)17/h5-11,14,22H,1-4H3/t14-/m0/s1. The molecule has 5 heteroatoms. The maximum absolute atomic E-state index is 12.9. The summed E-state index contributed by atoms with van der Waals surface area (Å²) in [6.07, 6.45) is -0.706. The van der Waals surface area contributed by atoms with Crippen LogP contribution in [0.5, 0.6) is 5.75 Å². The van der Waals surface area contributed by atoms with Gasteiger partial charge >= 0.3 is 5.97 Å². The van der Waals surface area contributed by atoms with Gasteiger partial charge in [0.25, 0.3) is 0 Å². The first-order valence-corrected chi connectivity index (χ1v) is 8.40. The highest BCUT2D eigenvalue weighted by atomic mass is 16.5. The van der Waals surface area contributed by atoms with E-state index < -0.39 is 12.1 Å². The lowest BCUT2D eigenvalue weighted by atomic mass is 10.1. The molecule has 0 bridgehead atoms. The Kier molecular flexibility index (Phi) is 4.80. The van der Waals surface area contributed by atoms with Gasteiger partial charge in [0.15, 0.2) is 6.10 Å². The topological polar surface area (TPSA) is 68.4 Å². The Morgan fingerprint density at radius 2 is 1.73 bits per heavy atom. The lowest BCUT2D eigenvalue weighted by molar-refractivity contribution is 0.0599. The molecule has 1 heterocycles. The van der Waals surface area contributed by atoms with Crippen molar-refractivity contribution in [3.05, 3.63) is 65.0 Å². The Hall–Kier alpha value is -3.08. The second-order valence-corrected chi connectivity index (χ2v) is 6.22. The van der Waals surface area contributed by atoms with E-state index >= 15 is 0 Å². The fourth-order valence-corrected chi connectivity index (χ4v) is 3.15.